The lowest BCUT2D eigenvalue weighted by molar-refractivity contribution is -0.124. The van der Waals surface area contributed by atoms with Crippen LogP contribution in [-0.2, 0) is 24.8 Å². The lowest BCUT2D eigenvalue weighted by atomic mass is 10.2. The minimum absolute atomic E-state index is 0.0340. The third-order valence-corrected chi connectivity index (χ3v) is 2.30. The Morgan fingerprint density at radius 3 is 2.80 bits per heavy atom. The Labute approximate surface area is 90.7 Å². The van der Waals surface area contributed by atoms with Gasteiger partial charge in [-0.3, -0.25) is 9.48 Å². The second kappa shape index (κ2) is 4.96. The molecule has 0 bridgehead atoms. The number of rotatable bonds is 4. The van der Waals surface area contributed by atoms with E-state index in [0.717, 1.165) is 17.7 Å². The van der Waals surface area contributed by atoms with Crippen LogP contribution in [0.1, 0.15) is 32.0 Å². The molecule has 4 nitrogen and oxygen atoms in total. The molecule has 0 unspecified atom stereocenters. The average Bonchev–Trinajstić information content (AvgIpc) is 2.55. The zero-order valence-corrected chi connectivity index (χ0v) is 9.87. The molecule has 0 radical (unpaired) electrons. The summed E-state index contributed by atoms with van der Waals surface area (Å²) in [4.78, 5) is 11.4. The van der Waals surface area contributed by atoms with Crippen LogP contribution in [-0.4, -0.2) is 15.7 Å². The molecule has 4 heteroatoms. The number of aryl methyl sites for hydroxylation is 2. The fourth-order valence-corrected chi connectivity index (χ4v) is 1.42. The van der Waals surface area contributed by atoms with E-state index in [9.17, 15) is 4.79 Å². The normalized spacial score (nSPS) is 10.7. The molecule has 0 fully saturated rings. The van der Waals surface area contributed by atoms with Crippen molar-refractivity contribution in [1.82, 2.24) is 15.1 Å². The Morgan fingerprint density at radius 2 is 2.27 bits per heavy atom. The molecule has 0 aliphatic carbocycles. The summed E-state index contributed by atoms with van der Waals surface area (Å²) in [5, 5.41) is 7.21. The summed E-state index contributed by atoms with van der Waals surface area (Å²) in [6.07, 6.45) is 2.85. The topological polar surface area (TPSA) is 46.9 Å². The molecule has 1 rings (SSSR count). The van der Waals surface area contributed by atoms with Gasteiger partial charge in [-0.2, -0.15) is 5.10 Å². The quantitative estimate of drug-likeness (QED) is 0.811. The van der Waals surface area contributed by atoms with Crippen molar-refractivity contribution >= 4 is 5.91 Å². The van der Waals surface area contributed by atoms with Gasteiger partial charge < -0.3 is 5.32 Å². The molecule has 1 amide bonds. The summed E-state index contributed by atoms with van der Waals surface area (Å²) in [7, 11) is 1.90. The van der Waals surface area contributed by atoms with E-state index in [1.54, 1.807) is 4.68 Å². The number of aromatic nitrogens is 2. The van der Waals surface area contributed by atoms with Gasteiger partial charge in [-0.05, 0) is 6.42 Å². The third kappa shape index (κ3) is 3.08. The maximum absolute atomic E-state index is 11.4. The SMILES string of the molecule is CCc1nn(C)cc1CNC(=O)C(C)C. The highest BCUT2D eigenvalue weighted by atomic mass is 16.1. The number of hydrogen-bond acceptors (Lipinski definition) is 2. The van der Waals surface area contributed by atoms with Gasteiger partial charge in [-0.1, -0.05) is 20.8 Å². The second-order valence-electron chi connectivity index (χ2n) is 4.00. The van der Waals surface area contributed by atoms with Crippen LogP contribution in [0, 0.1) is 5.92 Å². The molecule has 0 atom stereocenters. The van der Waals surface area contributed by atoms with Gasteiger partial charge in [-0.25, -0.2) is 0 Å². The van der Waals surface area contributed by atoms with Crippen molar-refractivity contribution in [3.8, 4) is 0 Å². The standard InChI is InChI=1S/C11H19N3O/c1-5-10-9(7-14(4)13-10)6-12-11(15)8(2)3/h7-8H,5-6H2,1-4H3,(H,12,15). The Morgan fingerprint density at radius 1 is 1.60 bits per heavy atom. The molecule has 15 heavy (non-hydrogen) atoms. The van der Waals surface area contributed by atoms with Gasteiger partial charge in [0.25, 0.3) is 0 Å². The van der Waals surface area contributed by atoms with E-state index in [-0.39, 0.29) is 11.8 Å². The van der Waals surface area contributed by atoms with Crippen molar-refractivity contribution < 1.29 is 4.79 Å². The van der Waals surface area contributed by atoms with E-state index < -0.39 is 0 Å². The number of hydrogen-bond donors (Lipinski definition) is 1. The van der Waals surface area contributed by atoms with Crippen LogP contribution in [0.4, 0.5) is 0 Å². The van der Waals surface area contributed by atoms with Crippen molar-refractivity contribution in [2.45, 2.75) is 33.7 Å². The Hall–Kier alpha value is -1.32. The summed E-state index contributed by atoms with van der Waals surface area (Å²) >= 11 is 0. The largest absolute Gasteiger partial charge is 0.352 e. The van der Waals surface area contributed by atoms with Crippen molar-refractivity contribution in [3.05, 3.63) is 17.5 Å². The Balaban J connectivity index is 2.60. The van der Waals surface area contributed by atoms with Gasteiger partial charge >= 0.3 is 0 Å². The maximum atomic E-state index is 11.4. The lowest BCUT2D eigenvalue weighted by Crippen LogP contribution is -2.27. The van der Waals surface area contributed by atoms with Gasteiger partial charge in [0.1, 0.15) is 0 Å². The smallest absolute Gasteiger partial charge is 0.222 e. The third-order valence-electron chi connectivity index (χ3n) is 2.30. The van der Waals surface area contributed by atoms with Crippen molar-refractivity contribution in [2.75, 3.05) is 0 Å². The summed E-state index contributed by atoms with van der Waals surface area (Å²) in [5.74, 6) is 0.118. The van der Waals surface area contributed by atoms with Gasteiger partial charge in [-0.15, -0.1) is 0 Å². The molecule has 0 aliphatic rings. The number of nitrogens with zero attached hydrogens (tertiary/aromatic N) is 2. The van der Waals surface area contributed by atoms with Gasteiger partial charge in [0, 0.05) is 31.3 Å². The molecule has 0 saturated carbocycles. The van der Waals surface area contributed by atoms with E-state index in [1.807, 2.05) is 27.1 Å². The van der Waals surface area contributed by atoms with E-state index in [2.05, 4.69) is 17.3 Å². The molecule has 1 N–H and O–H groups in total. The minimum atomic E-state index is 0.0340. The monoisotopic (exact) mass is 209 g/mol. The van der Waals surface area contributed by atoms with Gasteiger partial charge in [0.2, 0.25) is 5.91 Å². The van der Waals surface area contributed by atoms with E-state index in [4.69, 9.17) is 0 Å². The van der Waals surface area contributed by atoms with Gasteiger partial charge in [0.05, 0.1) is 5.69 Å². The molecule has 0 saturated heterocycles. The van der Waals surface area contributed by atoms with Crippen molar-refractivity contribution in [1.29, 1.82) is 0 Å². The molecule has 0 spiro atoms. The number of amides is 1. The summed E-state index contributed by atoms with van der Waals surface area (Å²) in [6.45, 7) is 6.42. The first-order valence-electron chi connectivity index (χ1n) is 5.33. The zero-order valence-electron chi connectivity index (χ0n) is 9.87. The summed E-state index contributed by atoms with van der Waals surface area (Å²) in [6, 6.07) is 0. The van der Waals surface area contributed by atoms with Crippen LogP contribution in [0.2, 0.25) is 0 Å². The van der Waals surface area contributed by atoms with Gasteiger partial charge in [0.15, 0.2) is 0 Å². The lowest BCUT2D eigenvalue weighted by Gasteiger charge is -2.06. The molecule has 1 aromatic rings. The molecular weight excluding hydrogens is 190 g/mol. The Bertz CT molecular complexity index is 342. The predicted octanol–water partition coefficient (Wildman–Crippen LogP) is 1.25. The highest BCUT2D eigenvalue weighted by Crippen LogP contribution is 2.06. The summed E-state index contributed by atoms with van der Waals surface area (Å²) in [5.41, 5.74) is 2.16. The highest BCUT2D eigenvalue weighted by molar-refractivity contribution is 5.77. The number of carbonyl (C=O) groups is 1. The summed E-state index contributed by atoms with van der Waals surface area (Å²) < 4.78 is 1.79. The average molecular weight is 209 g/mol. The first kappa shape index (κ1) is 11.8. The fourth-order valence-electron chi connectivity index (χ4n) is 1.42. The highest BCUT2D eigenvalue weighted by Gasteiger charge is 2.09. The fraction of sp³-hybridized carbons (Fsp3) is 0.636. The molecular formula is C11H19N3O. The van der Waals surface area contributed by atoms with E-state index in [0.29, 0.717) is 6.54 Å². The van der Waals surface area contributed by atoms with Crippen molar-refractivity contribution in [2.24, 2.45) is 13.0 Å². The van der Waals surface area contributed by atoms with Crippen LogP contribution in [0.3, 0.4) is 0 Å². The second-order valence-corrected chi connectivity index (χ2v) is 4.00. The molecule has 1 aromatic heterocycles. The van der Waals surface area contributed by atoms with Crippen LogP contribution in [0.25, 0.3) is 0 Å². The van der Waals surface area contributed by atoms with Crippen LogP contribution in [0.5, 0.6) is 0 Å². The predicted molar refractivity (Wildman–Crippen MR) is 59.3 cm³/mol. The first-order valence-corrected chi connectivity index (χ1v) is 5.33. The van der Waals surface area contributed by atoms with Crippen molar-refractivity contribution in [3.63, 3.8) is 0 Å². The van der Waals surface area contributed by atoms with E-state index in [1.165, 1.54) is 0 Å². The maximum Gasteiger partial charge on any atom is 0.222 e. The molecule has 84 valence electrons. The molecule has 0 aromatic carbocycles. The molecule has 1 heterocycles. The van der Waals surface area contributed by atoms with Crippen LogP contribution < -0.4 is 5.32 Å². The number of carbonyl (C=O) groups excluding carboxylic acids is 1. The number of nitrogens with one attached hydrogen (secondary N) is 1. The Kier molecular flexibility index (Phi) is 3.88. The van der Waals surface area contributed by atoms with E-state index >= 15 is 0 Å². The molecule has 0 aliphatic heterocycles. The van der Waals surface area contributed by atoms with Crippen LogP contribution in [0.15, 0.2) is 6.20 Å². The minimum Gasteiger partial charge on any atom is -0.352 e. The first-order chi connectivity index (χ1) is 7.04. The van der Waals surface area contributed by atoms with Crippen LogP contribution >= 0.6 is 0 Å². The zero-order chi connectivity index (χ0) is 11.4.